The maximum atomic E-state index is 12.1. The van der Waals surface area contributed by atoms with Crippen LogP contribution in [0.3, 0.4) is 0 Å². The second kappa shape index (κ2) is 6.57. The van der Waals surface area contributed by atoms with Crippen molar-refractivity contribution in [2.75, 3.05) is 13.2 Å². The molecule has 5 heteroatoms. The van der Waals surface area contributed by atoms with E-state index >= 15 is 0 Å². The molecule has 122 valence electrons. The van der Waals surface area contributed by atoms with Crippen molar-refractivity contribution >= 4 is 6.03 Å². The van der Waals surface area contributed by atoms with E-state index in [9.17, 15) is 9.90 Å². The second-order valence-electron chi connectivity index (χ2n) is 6.91. The summed E-state index contributed by atoms with van der Waals surface area (Å²) >= 11 is 0. The first-order chi connectivity index (χ1) is 10.3. The number of ether oxygens (including phenoxy) is 1. The van der Waals surface area contributed by atoms with Gasteiger partial charge in [-0.2, -0.15) is 0 Å². The van der Waals surface area contributed by atoms with Crippen LogP contribution < -0.4 is 15.4 Å². The molecule has 2 rings (SSSR count). The largest absolute Gasteiger partial charge is 0.491 e. The van der Waals surface area contributed by atoms with Gasteiger partial charge in [0.2, 0.25) is 0 Å². The third kappa shape index (κ3) is 3.71. The van der Waals surface area contributed by atoms with E-state index in [4.69, 9.17) is 4.74 Å². The number of carbonyl (C=O) groups is 1. The van der Waals surface area contributed by atoms with Gasteiger partial charge in [-0.3, -0.25) is 0 Å². The van der Waals surface area contributed by atoms with Crippen LogP contribution in [-0.4, -0.2) is 30.4 Å². The molecule has 0 aliphatic carbocycles. The Kier molecular flexibility index (Phi) is 4.96. The number of hydrogen-bond acceptors (Lipinski definition) is 3. The minimum atomic E-state index is -0.469. The number of amides is 2. The molecule has 0 radical (unpaired) electrons. The van der Waals surface area contributed by atoms with Crippen LogP contribution in [0.4, 0.5) is 4.79 Å². The predicted octanol–water partition coefficient (Wildman–Crippen LogP) is 2.46. The summed E-state index contributed by atoms with van der Waals surface area (Å²) in [5.41, 5.74) is 0.620. The van der Waals surface area contributed by atoms with E-state index in [2.05, 4.69) is 10.6 Å². The Bertz CT molecular complexity index is 528. The SMILES string of the molecule is CC(C)C(O)C(C)(C)CNC(=O)NC1COc2ccccc21. The lowest BCUT2D eigenvalue weighted by Gasteiger charge is -2.33. The molecule has 2 amide bonds. The summed E-state index contributed by atoms with van der Waals surface area (Å²) in [5.74, 6) is 0.971. The Morgan fingerprint density at radius 2 is 2.09 bits per heavy atom. The Labute approximate surface area is 132 Å². The van der Waals surface area contributed by atoms with Gasteiger partial charge in [0.05, 0.1) is 12.1 Å². The molecule has 2 atom stereocenters. The van der Waals surface area contributed by atoms with E-state index in [1.807, 2.05) is 52.0 Å². The van der Waals surface area contributed by atoms with Gasteiger partial charge in [-0.15, -0.1) is 0 Å². The van der Waals surface area contributed by atoms with Crippen LogP contribution in [-0.2, 0) is 0 Å². The molecule has 2 unspecified atom stereocenters. The number of urea groups is 1. The van der Waals surface area contributed by atoms with E-state index < -0.39 is 6.10 Å². The van der Waals surface area contributed by atoms with Crippen LogP contribution in [0.5, 0.6) is 5.75 Å². The summed E-state index contributed by atoms with van der Waals surface area (Å²) in [7, 11) is 0. The van der Waals surface area contributed by atoms with E-state index in [0.29, 0.717) is 13.2 Å². The number of carbonyl (C=O) groups excluding carboxylic acids is 1. The van der Waals surface area contributed by atoms with E-state index in [0.717, 1.165) is 11.3 Å². The van der Waals surface area contributed by atoms with Crippen LogP contribution in [0, 0.1) is 11.3 Å². The fraction of sp³-hybridized carbons (Fsp3) is 0.588. The van der Waals surface area contributed by atoms with Crippen molar-refractivity contribution in [3.63, 3.8) is 0 Å². The summed E-state index contributed by atoms with van der Waals surface area (Å²) in [6, 6.07) is 7.33. The molecule has 1 heterocycles. The zero-order valence-electron chi connectivity index (χ0n) is 13.7. The van der Waals surface area contributed by atoms with Gasteiger partial charge in [0.25, 0.3) is 0 Å². The van der Waals surface area contributed by atoms with Crippen molar-refractivity contribution < 1.29 is 14.6 Å². The van der Waals surface area contributed by atoms with Gasteiger partial charge in [0.15, 0.2) is 0 Å². The number of aliphatic hydroxyl groups excluding tert-OH is 1. The van der Waals surface area contributed by atoms with Crippen molar-refractivity contribution in [1.82, 2.24) is 10.6 Å². The molecule has 0 bridgehead atoms. The summed E-state index contributed by atoms with van der Waals surface area (Å²) in [6.07, 6.45) is -0.469. The maximum Gasteiger partial charge on any atom is 0.315 e. The smallest absolute Gasteiger partial charge is 0.315 e. The zero-order chi connectivity index (χ0) is 16.3. The molecule has 3 N–H and O–H groups in total. The molecule has 0 saturated carbocycles. The molecule has 0 fully saturated rings. The molecule has 0 aromatic heterocycles. The third-order valence-corrected chi connectivity index (χ3v) is 4.14. The first-order valence-electron chi connectivity index (χ1n) is 7.75. The number of fused-ring (bicyclic) bond motifs is 1. The van der Waals surface area contributed by atoms with Gasteiger partial charge < -0.3 is 20.5 Å². The summed E-state index contributed by atoms with van der Waals surface area (Å²) in [4.78, 5) is 12.1. The fourth-order valence-corrected chi connectivity index (χ4v) is 2.81. The molecular formula is C17H26N2O3. The summed E-state index contributed by atoms with van der Waals surface area (Å²) in [6.45, 7) is 8.70. The number of hydrogen-bond donors (Lipinski definition) is 3. The lowest BCUT2D eigenvalue weighted by atomic mass is 9.81. The molecule has 1 aliphatic rings. The summed E-state index contributed by atoms with van der Waals surface area (Å²) in [5, 5.41) is 16.0. The third-order valence-electron chi connectivity index (χ3n) is 4.14. The first kappa shape index (κ1) is 16.6. The molecule has 0 spiro atoms. The lowest BCUT2D eigenvalue weighted by Crippen LogP contribution is -2.47. The Balaban J connectivity index is 1.87. The number of rotatable bonds is 5. The zero-order valence-corrected chi connectivity index (χ0v) is 13.7. The molecule has 1 aromatic rings. The molecular weight excluding hydrogens is 280 g/mol. The minimum Gasteiger partial charge on any atom is -0.491 e. The van der Waals surface area contributed by atoms with Gasteiger partial charge in [-0.05, 0) is 12.0 Å². The van der Waals surface area contributed by atoms with Crippen molar-refractivity contribution in [2.24, 2.45) is 11.3 Å². The fourth-order valence-electron chi connectivity index (χ4n) is 2.81. The van der Waals surface area contributed by atoms with Crippen LogP contribution in [0.2, 0.25) is 0 Å². The molecule has 1 aliphatic heterocycles. The van der Waals surface area contributed by atoms with Crippen LogP contribution in [0.1, 0.15) is 39.3 Å². The molecule has 5 nitrogen and oxygen atoms in total. The minimum absolute atomic E-state index is 0.130. The van der Waals surface area contributed by atoms with Crippen molar-refractivity contribution in [2.45, 2.75) is 39.8 Å². The number of nitrogens with one attached hydrogen (secondary N) is 2. The predicted molar refractivity (Wildman–Crippen MR) is 85.8 cm³/mol. The monoisotopic (exact) mass is 306 g/mol. The summed E-state index contributed by atoms with van der Waals surface area (Å²) < 4.78 is 5.54. The highest BCUT2D eigenvalue weighted by molar-refractivity contribution is 5.74. The number of benzene rings is 1. The van der Waals surface area contributed by atoms with Crippen LogP contribution in [0.25, 0.3) is 0 Å². The second-order valence-corrected chi connectivity index (χ2v) is 6.91. The van der Waals surface area contributed by atoms with Gasteiger partial charge >= 0.3 is 6.03 Å². The molecule has 1 aromatic carbocycles. The Hall–Kier alpha value is -1.75. The van der Waals surface area contributed by atoms with Gasteiger partial charge in [0, 0.05) is 17.5 Å². The Morgan fingerprint density at radius 3 is 2.77 bits per heavy atom. The highest BCUT2D eigenvalue weighted by Crippen LogP contribution is 2.31. The van der Waals surface area contributed by atoms with Gasteiger partial charge in [-0.25, -0.2) is 4.79 Å². The quantitative estimate of drug-likeness (QED) is 0.782. The number of aliphatic hydroxyl groups is 1. The maximum absolute atomic E-state index is 12.1. The average molecular weight is 306 g/mol. The molecule has 0 saturated heterocycles. The van der Waals surface area contributed by atoms with E-state index in [1.54, 1.807) is 0 Å². The van der Waals surface area contributed by atoms with Crippen LogP contribution in [0.15, 0.2) is 24.3 Å². The van der Waals surface area contributed by atoms with Crippen molar-refractivity contribution in [3.05, 3.63) is 29.8 Å². The van der Waals surface area contributed by atoms with Gasteiger partial charge in [0.1, 0.15) is 12.4 Å². The standard InChI is InChI=1S/C17H26N2O3/c1-11(2)15(20)17(3,4)10-18-16(21)19-13-9-22-14-8-6-5-7-12(13)14/h5-8,11,13,15,20H,9-10H2,1-4H3,(H2,18,19,21). The Morgan fingerprint density at radius 1 is 1.41 bits per heavy atom. The normalized spacial score (nSPS) is 18.5. The number of para-hydroxylation sites is 1. The van der Waals surface area contributed by atoms with Crippen molar-refractivity contribution in [1.29, 1.82) is 0 Å². The lowest BCUT2D eigenvalue weighted by molar-refractivity contribution is 0.0151. The molecule has 22 heavy (non-hydrogen) atoms. The average Bonchev–Trinajstić information content (AvgIpc) is 2.88. The van der Waals surface area contributed by atoms with Gasteiger partial charge in [-0.1, -0.05) is 45.9 Å². The van der Waals surface area contributed by atoms with E-state index in [-0.39, 0.29) is 23.4 Å². The van der Waals surface area contributed by atoms with Crippen LogP contribution >= 0.6 is 0 Å². The van der Waals surface area contributed by atoms with E-state index in [1.165, 1.54) is 0 Å². The first-order valence-corrected chi connectivity index (χ1v) is 7.75. The highest BCUT2D eigenvalue weighted by atomic mass is 16.5. The topological polar surface area (TPSA) is 70.6 Å². The highest BCUT2D eigenvalue weighted by Gasteiger charge is 2.31. The van der Waals surface area contributed by atoms with Crippen molar-refractivity contribution in [3.8, 4) is 5.75 Å².